The maximum absolute atomic E-state index is 12.9. The number of hydrogen-bond donors (Lipinski definition) is 1. The number of nitrogens with one attached hydrogen (secondary N) is 1. The molecule has 21 heavy (non-hydrogen) atoms. The van der Waals surface area contributed by atoms with Crippen LogP contribution in [0, 0.1) is 23.7 Å². The summed E-state index contributed by atoms with van der Waals surface area (Å²) < 4.78 is 0. The molecular formula is C18H34N2O. The zero-order chi connectivity index (χ0) is 15.6. The Hall–Kier alpha value is -0.570. The minimum absolute atomic E-state index is 0.0290. The van der Waals surface area contributed by atoms with Crippen molar-refractivity contribution in [3.05, 3.63) is 0 Å². The van der Waals surface area contributed by atoms with Crippen LogP contribution in [0.15, 0.2) is 0 Å². The summed E-state index contributed by atoms with van der Waals surface area (Å²) in [6.45, 7) is 12.1. The largest absolute Gasteiger partial charge is 0.325 e. The summed E-state index contributed by atoms with van der Waals surface area (Å²) in [5, 5.41) is 3.62. The van der Waals surface area contributed by atoms with E-state index in [9.17, 15) is 4.79 Å². The first-order valence-electron chi connectivity index (χ1n) is 9.02. The van der Waals surface area contributed by atoms with Gasteiger partial charge < -0.3 is 4.90 Å². The summed E-state index contributed by atoms with van der Waals surface area (Å²) in [4.78, 5) is 15.0. The fourth-order valence-corrected chi connectivity index (χ4v) is 3.98. The summed E-state index contributed by atoms with van der Waals surface area (Å²) in [6.07, 6.45) is 6.62. The minimum Gasteiger partial charge on any atom is -0.325 e. The van der Waals surface area contributed by atoms with E-state index in [1.165, 1.54) is 25.7 Å². The number of nitrogens with zero attached hydrogens (tertiary/aromatic N) is 1. The maximum Gasteiger partial charge on any atom is 0.241 e. The van der Waals surface area contributed by atoms with Crippen molar-refractivity contribution in [2.24, 2.45) is 23.7 Å². The van der Waals surface area contributed by atoms with Gasteiger partial charge in [-0.05, 0) is 30.1 Å². The Morgan fingerprint density at radius 3 is 2.48 bits per heavy atom. The molecule has 0 aromatic heterocycles. The second kappa shape index (κ2) is 7.13. The van der Waals surface area contributed by atoms with Crippen LogP contribution in [0.4, 0.5) is 0 Å². The van der Waals surface area contributed by atoms with Gasteiger partial charge in [0, 0.05) is 6.54 Å². The number of carbonyl (C=O) groups excluding carboxylic acids is 1. The van der Waals surface area contributed by atoms with Crippen LogP contribution in [0.5, 0.6) is 0 Å². The van der Waals surface area contributed by atoms with E-state index in [-0.39, 0.29) is 12.2 Å². The van der Waals surface area contributed by atoms with Crippen molar-refractivity contribution < 1.29 is 4.79 Å². The first kappa shape index (κ1) is 16.8. The van der Waals surface area contributed by atoms with Gasteiger partial charge in [-0.1, -0.05) is 60.3 Å². The predicted octanol–water partition coefficient (Wildman–Crippen LogP) is 3.64. The summed E-state index contributed by atoms with van der Waals surface area (Å²) >= 11 is 0. The third kappa shape index (κ3) is 3.61. The lowest BCUT2D eigenvalue weighted by atomic mass is 9.80. The number of rotatable bonds is 5. The molecule has 1 N–H and O–H groups in total. The molecule has 1 saturated heterocycles. The Kier molecular flexibility index (Phi) is 5.70. The average molecular weight is 294 g/mol. The van der Waals surface area contributed by atoms with E-state index in [1.54, 1.807) is 0 Å². The van der Waals surface area contributed by atoms with Crippen LogP contribution >= 0.6 is 0 Å². The zero-order valence-corrected chi connectivity index (χ0v) is 14.6. The highest BCUT2D eigenvalue weighted by molar-refractivity contribution is 5.84. The molecular weight excluding hydrogens is 260 g/mol. The molecule has 1 saturated carbocycles. The van der Waals surface area contributed by atoms with Crippen molar-refractivity contribution in [1.29, 1.82) is 0 Å². The third-order valence-corrected chi connectivity index (χ3v) is 5.80. The van der Waals surface area contributed by atoms with Gasteiger partial charge >= 0.3 is 0 Å². The summed E-state index contributed by atoms with van der Waals surface area (Å²) in [7, 11) is 0. The van der Waals surface area contributed by atoms with Crippen LogP contribution in [-0.2, 0) is 4.79 Å². The highest BCUT2D eigenvalue weighted by Crippen LogP contribution is 2.33. The zero-order valence-electron chi connectivity index (χ0n) is 14.6. The lowest BCUT2D eigenvalue weighted by Crippen LogP contribution is -2.45. The molecule has 1 aliphatic carbocycles. The average Bonchev–Trinajstić information content (AvgIpc) is 2.78. The Morgan fingerprint density at radius 2 is 1.90 bits per heavy atom. The number of carbonyl (C=O) groups is 1. The second-order valence-corrected chi connectivity index (χ2v) is 7.73. The fourth-order valence-electron chi connectivity index (χ4n) is 3.98. The summed E-state index contributed by atoms with van der Waals surface area (Å²) in [6, 6.07) is 0.0290. The highest BCUT2D eigenvalue weighted by atomic mass is 16.2. The summed E-state index contributed by atoms with van der Waals surface area (Å²) in [5.41, 5.74) is 0. The van der Waals surface area contributed by atoms with Gasteiger partial charge in [0.25, 0.3) is 0 Å². The van der Waals surface area contributed by atoms with Crippen LogP contribution < -0.4 is 5.32 Å². The molecule has 122 valence electrons. The van der Waals surface area contributed by atoms with Gasteiger partial charge in [0.05, 0.1) is 12.2 Å². The second-order valence-electron chi connectivity index (χ2n) is 7.73. The van der Waals surface area contributed by atoms with E-state index in [0.717, 1.165) is 18.9 Å². The van der Waals surface area contributed by atoms with Crippen molar-refractivity contribution >= 4 is 5.91 Å². The van der Waals surface area contributed by atoms with Crippen LogP contribution in [0.1, 0.15) is 66.7 Å². The molecule has 0 aromatic carbocycles. The summed E-state index contributed by atoms with van der Waals surface area (Å²) in [5.74, 6) is 2.71. The number of hydrogen-bond acceptors (Lipinski definition) is 2. The topological polar surface area (TPSA) is 32.3 Å². The van der Waals surface area contributed by atoms with Crippen molar-refractivity contribution in [2.75, 3.05) is 6.54 Å². The molecule has 0 aromatic rings. The normalized spacial score (nSPS) is 35.5. The molecule has 5 unspecified atom stereocenters. The molecule has 1 aliphatic heterocycles. The van der Waals surface area contributed by atoms with Crippen molar-refractivity contribution in [3.8, 4) is 0 Å². The first-order chi connectivity index (χ1) is 9.95. The molecule has 3 nitrogen and oxygen atoms in total. The molecule has 0 bridgehead atoms. The molecule has 2 fully saturated rings. The lowest BCUT2D eigenvalue weighted by Gasteiger charge is -2.35. The SMILES string of the molecule is CCC(C)C1NC(C(C)C)N(CC2CCCCC2C)C1=O. The van der Waals surface area contributed by atoms with Crippen LogP contribution in [0.25, 0.3) is 0 Å². The maximum atomic E-state index is 12.9. The standard InChI is InChI=1S/C18H34N2O/c1-6-13(4)16-18(21)20(17(19-16)12(2)3)11-15-10-8-7-9-14(15)5/h12-17,19H,6-11H2,1-5H3. The quantitative estimate of drug-likeness (QED) is 0.839. The van der Waals surface area contributed by atoms with Crippen molar-refractivity contribution in [2.45, 2.75) is 78.9 Å². The van der Waals surface area contributed by atoms with E-state index >= 15 is 0 Å². The van der Waals surface area contributed by atoms with Gasteiger partial charge in [-0.3, -0.25) is 10.1 Å². The molecule has 1 heterocycles. The molecule has 2 aliphatic rings. The molecule has 3 heteroatoms. The third-order valence-electron chi connectivity index (χ3n) is 5.80. The van der Waals surface area contributed by atoms with E-state index in [2.05, 4.69) is 44.8 Å². The smallest absolute Gasteiger partial charge is 0.241 e. The van der Waals surface area contributed by atoms with Gasteiger partial charge in [0.2, 0.25) is 5.91 Å². The van der Waals surface area contributed by atoms with Gasteiger partial charge in [-0.2, -0.15) is 0 Å². The fraction of sp³-hybridized carbons (Fsp3) is 0.944. The van der Waals surface area contributed by atoms with Crippen molar-refractivity contribution in [3.63, 3.8) is 0 Å². The van der Waals surface area contributed by atoms with E-state index in [1.807, 2.05) is 0 Å². The highest BCUT2D eigenvalue weighted by Gasteiger charge is 2.43. The van der Waals surface area contributed by atoms with Gasteiger partial charge in [0.1, 0.15) is 0 Å². The minimum atomic E-state index is 0.0290. The van der Waals surface area contributed by atoms with Crippen LogP contribution in [0.3, 0.4) is 0 Å². The van der Waals surface area contributed by atoms with E-state index in [0.29, 0.717) is 23.7 Å². The Balaban J connectivity index is 2.08. The molecule has 1 amide bonds. The molecule has 2 rings (SSSR count). The van der Waals surface area contributed by atoms with E-state index in [4.69, 9.17) is 0 Å². The molecule has 0 spiro atoms. The van der Waals surface area contributed by atoms with Crippen LogP contribution in [0.2, 0.25) is 0 Å². The number of amides is 1. The van der Waals surface area contributed by atoms with E-state index < -0.39 is 0 Å². The van der Waals surface area contributed by atoms with Gasteiger partial charge in [-0.15, -0.1) is 0 Å². The Morgan fingerprint density at radius 1 is 1.24 bits per heavy atom. The van der Waals surface area contributed by atoms with Crippen molar-refractivity contribution in [1.82, 2.24) is 10.2 Å². The Labute approximate surface area is 130 Å². The lowest BCUT2D eigenvalue weighted by molar-refractivity contribution is -0.132. The molecule has 5 atom stereocenters. The van der Waals surface area contributed by atoms with Gasteiger partial charge in [-0.25, -0.2) is 0 Å². The molecule has 0 radical (unpaired) electrons. The first-order valence-corrected chi connectivity index (χ1v) is 9.02. The Bertz CT molecular complexity index is 355. The van der Waals surface area contributed by atoms with Crippen LogP contribution in [-0.4, -0.2) is 29.6 Å². The van der Waals surface area contributed by atoms with Gasteiger partial charge in [0.15, 0.2) is 0 Å². The predicted molar refractivity (Wildman–Crippen MR) is 87.8 cm³/mol. The monoisotopic (exact) mass is 294 g/mol.